The second-order valence-electron chi connectivity index (χ2n) is 4.05. The highest BCUT2D eigenvalue weighted by Gasteiger charge is 2.05. The number of oxazole rings is 1. The number of ether oxygens (including phenoxy) is 1. The second-order valence-corrected chi connectivity index (χ2v) is 4.05. The van der Waals surface area contributed by atoms with Gasteiger partial charge in [0, 0.05) is 25.4 Å². The number of H-pyrrole nitrogens is 1. The monoisotopic (exact) mass is 236 g/mol. The van der Waals surface area contributed by atoms with Crippen LogP contribution in [0.15, 0.2) is 27.4 Å². The van der Waals surface area contributed by atoms with Crippen LogP contribution in [0.3, 0.4) is 0 Å². The van der Waals surface area contributed by atoms with E-state index in [0.717, 1.165) is 18.7 Å². The zero-order valence-electron chi connectivity index (χ0n) is 9.95. The zero-order chi connectivity index (χ0) is 12.3. The fourth-order valence-corrected chi connectivity index (χ4v) is 1.69. The largest absolute Gasteiger partial charge is 0.417 e. The Balaban J connectivity index is 2.10. The van der Waals surface area contributed by atoms with Gasteiger partial charge in [-0.2, -0.15) is 0 Å². The molecular weight excluding hydrogens is 220 g/mol. The molecule has 0 aliphatic heterocycles. The van der Waals surface area contributed by atoms with Gasteiger partial charge in [-0.25, -0.2) is 4.79 Å². The molecule has 2 rings (SSSR count). The Kier molecular flexibility index (Phi) is 3.49. The first-order valence-corrected chi connectivity index (χ1v) is 5.57. The number of benzene rings is 1. The number of hydrogen-bond acceptors (Lipinski definition) is 4. The van der Waals surface area contributed by atoms with Gasteiger partial charge >= 0.3 is 5.76 Å². The summed E-state index contributed by atoms with van der Waals surface area (Å²) in [5.74, 6) is -0.426. The van der Waals surface area contributed by atoms with Crippen LogP contribution in [0.4, 0.5) is 5.69 Å². The molecule has 0 radical (unpaired) electrons. The molecule has 1 atom stereocenters. The van der Waals surface area contributed by atoms with Crippen LogP contribution in [0.25, 0.3) is 11.1 Å². The Morgan fingerprint density at radius 2 is 2.35 bits per heavy atom. The lowest BCUT2D eigenvalue weighted by molar-refractivity contribution is 0.191. The van der Waals surface area contributed by atoms with Gasteiger partial charge in [-0.15, -0.1) is 0 Å². The van der Waals surface area contributed by atoms with Crippen LogP contribution in [-0.4, -0.2) is 24.7 Å². The minimum Gasteiger partial charge on any atom is -0.408 e. The fraction of sp³-hybridized carbons (Fsp3) is 0.417. The van der Waals surface area contributed by atoms with Crippen LogP contribution in [0.1, 0.15) is 13.3 Å². The van der Waals surface area contributed by atoms with Crippen molar-refractivity contribution in [3.8, 4) is 0 Å². The molecular formula is C12H16N2O3. The third kappa shape index (κ3) is 2.88. The van der Waals surface area contributed by atoms with E-state index in [-0.39, 0.29) is 0 Å². The summed E-state index contributed by atoms with van der Waals surface area (Å²) in [7, 11) is 1.69. The van der Waals surface area contributed by atoms with Gasteiger partial charge in [0.25, 0.3) is 0 Å². The molecule has 0 fully saturated rings. The highest BCUT2D eigenvalue weighted by Crippen LogP contribution is 2.17. The predicted octanol–water partition coefficient (Wildman–Crippen LogP) is 1.96. The minimum absolute atomic E-state index is 0.311. The first-order valence-electron chi connectivity index (χ1n) is 5.57. The Morgan fingerprint density at radius 3 is 3.12 bits per heavy atom. The van der Waals surface area contributed by atoms with Crippen molar-refractivity contribution in [2.75, 3.05) is 19.0 Å². The van der Waals surface area contributed by atoms with E-state index < -0.39 is 5.76 Å². The molecule has 0 saturated heterocycles. The molecule has 5 nitrogen and oxygen atoms in total. The van der Waals surface area contributed by atoms with Crippen molar-refractivity contribution in [2.45, 2.75) is 19.4 Å². The van der Waals surface area contributed by atoms with Gasteiger partial charge in [-0.1, -0.05) is 0 Å². The molecule has 1 unspecified atom stereocenters. The average Bonchev–Trinajstić information content (AvgIpc) is 2.65. The summed E-state index contributed by atoms with van der Waals surface area (Å²) >= 11 is 0. The van der Waals surface area contributed by atoms with E-state index in [1.165, 1.54) is 0 Å². The smallest absolute Gasteiger partial charge is 0.408 e. The fourth-order valence-electron chi connectivity index (χ4n) is 1.69. The van der Waals surface area contributed by atoms with Crippen LogP contribution in [0.5, 0.6) is 0 Å². The van der Waals surface area contributed by atoms with Crippen molar-refractivity contribution >= 4 is 16.8 Å². The van der Waals surface area contributed by atoms with E-state index in [1.807, 2.05) is 12.1 Å². The number of anilines is 1. The first-order chi connectivity index (χ1) is 8.19. The van der Waals surface area contributed by atoms with Crippen LogP contribution in [0, 0.1) is 0 Å². The molecule has 2 N–H and O–H groups in total. The molecule has 1 aromatic heterocycles. The number of aromatic nitrogens is 1. The summed E-state index contributed by atoms with van der Waals surface area (Å²) < 4.78 is 9.96. The van der Waals surface area contributed by atoms with Gasteiger partial charge < -0.3 is 14.5 Å². The van der Waals surface area contributed by atoms with Gasteiger partial charge in [0.05, 0.1) is 5.52 Å². The quantitative estimate of drug-likeness (QED) is 0.832. The van der Waals surface area contributed by atoms with E-state index in [4.69, 9.17) is 9.15 Å². The molecule has 92 valence electrons. The van der Waals surface area contributed by atoms with Gasteiger partial charge in [-0.05, 0) is 31.5 Å². The number of aromatic amines is 1. The Labute approximate surface area is 98.8 Å². The molecule has 1 heterocycles. The van der Waals surface area contributed by atoms with Gasteiger partial charge in [0.1, 0.15) is 0 Å². The third-order valence-electron chi connectivity index (χ3n) is 2.59. The predicted molar refractivity (Wildman–Crippen MR) is 66.4 cm³/mol. The zero-order valence-corrected chi connectivity index (χ0v) is 9.95. The molecule has 0 saturated carbocycles. The molecule has 0 aliphatic rings. The standard InChI is InChI=1S/C12H16N2O3/c1-8(5-6-16-2)13-9-3-4-11-10(7-9)14-12(15)17-11/h3-4,7-8,13H,5-6H2,1-2H3,(H,14,15). The average molecular weight is 236 g/mol. The lowest BCUT2D eigenvalue weighted by Crippen LogP contribution is -2.16. The van der Waals surface area contributed by atoms with Crippen LogP contribution < -0.4 is 11.1 Å². The number of rotatable bonds is 5. The molecule has 0 aliphatic carbocycles. The van der Waals surface area contributed by atoms with Gasteiger partial charge in [0.15, 0.2) is 5.58 Å². The third-order valence-corrected chi connectivity index (χ3v) is 2.59. The highest BCUT2D eigenvalue weighted by atomic mass is 16.5. The topological polar surface area (TPSA) is 67.3 Å². The van der Waals surface area contributed by atoms with Crippen molar-refractivity contribution < 1.29 is 9.15 Å². The van der Waals surface area contributed by atoms with Gasteiger partial charge in [-0.3, -0.25) is 4.98 Å². The number of nitrogens with one attached hydrogen (secondary N) is 2. The highest BCUT2D eigenvalue weighted by molar-refractivity contribution is 5.76. The summed E-state index contributed by atoms with van der Waals surface area (Å²) in [5.41, 5.74) is 2.24. The Bertz CT molecular complexity index is 544. The SMILES string of the molecule is COCCC(C)Nc1ccc2oc(=O)[nH]c2c1. The van der Waals surface area contributed by atoms with Crippen molar-refractivity contribution in [3.05, 3.63) is 28.7 Å². The number of methoxy groups -OCH3 is 1. The summed E-state index contributed by atoms with van der Waals surface area (Å²) in [6.07, 6.45) is 0.927. The molecule has 5 heteroatoms. The normalized spacial score (nSPS) is 12.8. The Hall–Kier alpha value is -1.75. The molecule has 2 aromatic rings. The lowest BCUT2D eigenvalue weighted by atomic mass is 10.2. The van der Waals surface area contributed by atoms with Crippen LogP contribution in [-0.2, 0) is 4.74 Å². The van der Waals surface area contributed by atoms with Crippen LogP contribution >= 0.6 is 0 Å². The number of fused-ring (bicyclic) bond motifs is 1. The van der Waals surface area contributed by atoms with Crippen molar-refractivity contribution in [1.29, 1.82) is 0 Å². The summed E-state index contributed by atoms with van der Waals surface area (Å²) in [6, 6.07) is 5.84. The Morgan fingerprint density at radius 1 is 1.53 bits per heavy atom. The molecule has 1 aromatic carbocycles. The maximum absolute atomic E-state index is 11.0. The minimum atomic E-state index is -0.426. The van der Waals surface area contributed by atoms with Crippen molar-refractivity contribution in [1.82, 2.24) is 4.98 Å². The van der Waals surface area contributed by atoms with Crippen molar-refractivity contribution in [3.63, 3.8) is 0 Å². The maximum atomic E-state index is 11.0. The molecule has 17 heavy (non-hydrogen) atoms. The van der Waals surface area contributed by atoms with E-state index in [1.54, 1.807) is 13.2 Å². The molecule has 0 bridgehead atoms. The summed E-state index contributed by atoms with van der Waals surface area (Å²) in [6.45, 7) is 2.81. The van der Waals surface area contributed by atoms with E-state index >= 15 is 0 Å². The first kappa shape index (κ1) is 11.7. The van der Waals surface area contributed by atoms with E-state index in [9.17, 15) is 4.79 Å². The molecule has 0 spiro atoms. The summed E-state index contributed by atoms with van der Waals surface area (Å²) in [5, 5.41) is 3.33. The van der Waals surface area contributed by atoms with E-state index in [2.05, 4.69) is 17.2 Å². The van der Waals surface area contributed by atoms with E-state index in [0.29, 0.717) is 17.1 Å². The summed E-state index contributed by atoms with van der Waals surface area (Å²) in [4.78, 5) is 13.6. The van der Waals surface area contributed by atoms with Crippen molar-refractivity contribution in [2.24, 2.45) is 0 Å². The molecule has 0 amide bonds. The van der Waals surface area contributed by atoms with Crippen LogP contribution in [0.2, 0.25) is 0 Å². The second kappa shape index (κ2) is 5.05. The maximum Gasteiger partial charge on any atom is 0.417 e. The van der Waals surface area contributed by atoms with Gasteiger partial charge in [0.2, 0.25) is 0 Å². The number of hydrogen-bond donors (Lipinski definition) is 2. The lowest BCUT2D eigenvalue weighted by Gasteiger charge is -2.14.